The molecule has 7 heteroatoms. The van der Waals surface area contributed by atoms with Crippen LogP contribution in [0.25, 0.3) is 21.8 Å². The molecule has 0 aliphatic carbocycles. The fraction of sp³-hybridized carbons (Fsp3) is 0.409. The van der Waals surface area contributed by atoms with Gasteiger partial charge in [-0.1, -0.05) is 6.92 Å². The van der Waals surface area contributed by atoms with Crippen LogP contribution in [0.2, 0.25) is 0 Å². The lowest BCUT2D eigenvalue weighted by molar-refractivity contribution is 0.199. The number of aromatic nitrogens is 3. The van der Waals surface area contributed by atoms with Gasteiger partial charge in [-0.3, -0.25) is 0 Å². The van der Waals surface area contributed by atoms with Crippen molar-refractivity contribution in [1.82, 2.24) is 19.9 Å². The third kappa shape index (κ3) is 3.97. The molecule has 1 aliphatic rings. The maximum absolute atomic E-state index is 5.33. The summed E-state index contributed by atoms with van der Waals surface area (Å²) in [4.78, 5) is 17.6. The van der Waals surface area contributed by atoms with Crippen molar-refractivity contribution >= 4 is 17.3 Å². The minimum atomic E-state index is 0.0928. The Labute approximate surface area is 176 Å². The number of rotatable bonds is 5. The van der Waals surface area contributed by atoms with Crippen LogP contribution in [0.5, 0.6) is 5.75 Å². The number of hydrogen-bond donors (Lipinski definition) is 1. The number of thiazole rings is 1. The van der Waals surface area contributed by atoms with E-state index in [1.54, 1.807) is 24.6 Å². The molecule has 0 unspecified atom stereocenters. The standard InChI is InChI=1S/C22H27N5OS/c1-22(10-13-27(3)14-11-22)20-26-18(15-5-7-16(28-4)8-6-15)19(29-20)17-9-12-24-21(23-2)25-17/h5-9,12H,10-11,13-14H2,1-4H3,(H,23,24,25). The van der Waals surface area contributed by atoms with Crippen molar-refractivity contribution in [3.8, 4) is 27.6 Å². The molecule has 6 nitrogen and oxygen atoms in total. The minimum absolute atomic E-state index is 0.0928. The Morgan fingerprint density at radius 3 is 2.48 bits per heavy atom. The molecule has 0 radical (unpaired) electrons. The van der Waals surface area contributed by atoms with Gasteiger partial charge in [0.15, 0.2) is 0 Å². The van der Waals surface area contributed by atoms with Crippen molar-refractivity contribution in [2.24, 2.45) is 0 Å². The van der Waals surface area contributed by atoms with Crippen LogP contribution in [-0.2, 0) is 5.41 Å². The van der Waals surface area contributed by atoms with E-state index in [0.717, 1.165) is 53.5 Å². The molecule has 3 aromatic rings. The van der Waals surface area contributed by atoms with Gasteiger partial charge in [0, 0.05) is 24.2 Å². The summed E-state index contributed by atoms with van der Waals surface area (Å²) in [5.74, 6) is 1.45. The second-order valence-corrected chi connectivity index (χ2v) is 8.80. The summed E-state index contributed by atoms with van der Waals surface area (Å²) in [5.41, 5.74) is 3.05. The second-order valence-electron chi connectivity index (χ2n) is 7.80. The van der Waals surface area contributed by atoms with Crippen molar-refractivity contribution in [3.05, 3.63) is 41.5 Å². The van der Waals surface area contributed by atoms with Crippen molar-refractivity contribution in [2.45, 2.75) is 25.2 Å². The van der Waals surface area contributed by atoms with Gasteiger partial charge in [-0.25, -0.2) is 15.0 Å². The zero-order valence-electron chi connectivity index (χ0n) is 17.4. The SMILES string of the molecule is CNc1nccc(-c2sc(C3(C)CCN(C)CC3)nc2-c2ccc(OC)cc2)n1. The number of piperidine rings is 1. The number of methoxy groups -OCH3 is 1. The monoisotopic (exact) mass is 409 g/mol. The predicted octanol–water partition coefficient (Wildman–Crippen LogP) is 4.30. The van der Waals surface area contributed by atoms with Gasteiger partial charge in [-0.2, -0.15) is 0 Å². The summed E-state index contributed by atoms with van der Waals surface area (Å²) in [6, 6.07) is 10.1. The number of ether oxygens (including phenoxy) is 1. The second kappa shape index (κ2) is 8.08. The molecular formula is C22H27N5OS. The quantitative estimate of drug-likeness (QED) is 0.678. The zero-order valence-corrected chi connectivity index (χ0v) is 18.2. The van der Waals surface area contributed by atoms with E-state index in [1.165, 1.54) is 5.01 Å². The summed E-state index contributed by atoms with van der Waals surface area (Å²) in [6.07, 6.45) is 4.02. The van der Waals surface area contributed by atoms with Gasteiger partial charge in [-0.05, 0) is 63.3 Å². The van der Waals surface area contributed by atoms with Gasteiger partial charge in [0.1, 0.15) is 5.75 Å². The number of anilines is 1. The van der Waals surface area contributed by atoms with Gasteiger partial charge >= 0.3 is 0 Å². The molecule has 0 bridgehead atoms. The Morgan fingerprint density at radius 1 is 1.10 bits per heavy atom. The maximum Gasteiger partial charge on any atom is 0.222 e. The average Bonchev–Trinajstić information content (AvgIpc) is 3.22. The summed E-state index contributed by atoms with van der Waals surface area (Å²) in [6.45, 7) is 4.54. The van der Waals surface area contributed by atoms with Gasteiger partial charge in [0.05, 0.1) is 28.4 Å². The normalized spacial score (nSPS) is 16.6. The smallest absolute Gasteiger partial charge is 0.222 e. The summed E-state index contributed by atoms with van der Waals surface area (Å²) in [5, 5.41) is 4.22. The first-order chi connectivity index (χ1) is 14.0. The fourth-order valence-electron chi connectivity index (χ4n) is 3.63. The van der Waals surface area contributed by atoms with E-state index in [9.17, 15) is 0 Å². The Kier molecular flexibility index (Phi) is 5.52. The first-order valence-corrected chi connectivity index (χ1v) is 10.7. The molecule has 2 aromatic heterocycles. The molecule has 0 saturated carbocycles. The van der Waals surface area contributed by atoms with E-state index in [1.807, 2.05) is 25.2 Å². The molecule has 1 aliphatic heterocycles. The van der Waals surface area contributed by atoms with Gasteiger partial charge < -0.3 is 15.0 Å². The Hall–Kier alpha value is -2.51. The Morgan fingerprint density at radius 2 is 1.83 bits per heavy atom. The van der Waals surface area contributed by atoms with Crippen LogP contribution < -0.4 is 10.1 Å². The predicted molar refractivity (Wildman–Crippen MR) is 119 cm³/mol. The van der Waals surface area contributed by atoms with Crippen LogP contribution in [0.4, 0.5) is 5.95 Å². The number of nitrogens with one attached hydrogen (secondary N) is 1. The van der Waals surface area contributed by atoms with Crippen LogP contribution in [-0.4, -0.2) is 54.1 Å². The van der Waals surface area contributed by atoms with Crippen LogP contribution in [0, 0.1) is 0 Å². The van der Waals surface area contributed by atoms with Gasteiger partial charge in [-0.15, -0.1) is 11.3 Å². The third-order valence-corrected chi connectivity index (χ3v) is 7.09. The Balaban J connectivity index is 1.82. The van der Waals surface area contributed by atoms with E-state index in [2.05, 4.69) is 46.3 Å². The van der Waals surface area contributed by atoms with Crippen LogP contribution in [0.15, 0.2) is 36.5 Å². The van der Waals surface area contributed by atoms with Crippen molar-refractivity contribution in [3.63, 3.8) is 0 Å². The average molecular weight is 410 g/mol. The number of nitrogens with zero attached hydrogens (tertiary/aromatic N) is 4. The molecule has 1 aromatic carbocycles. The topological polar surface area (TPSA) is 63.2 Å². The highest BCUT2D eigenvalue weighted by Crippen LogP contribution is 2.44. The lowest BCUT2D eigenvalue weighted by Crippen LogP contribution is -2.38. The maximum atomic E-state index is 5.33. The highest BCUT2D eigenvalue weighted by molar-refractivity contribution is 7.15. The van der Waals surface area contributed by atoms with Gasteiger partial charge in [0.2, 0.25) is 5.95 Å². The summed E-state index contributed by atoms with van der Waals surface area (Å²) >= 11 is 1.76. The molecular weight excluding hydrogens is 382 g/mol. The molecule has 4 rings (SSSR count). The molecule has 0 spiro atoms. The largest absolute Gasteiger partial charge is 0.497 e. The fourth-order valence-corrected chi connectivity index (χ4v) is 4.89. The molecule has 0 atom stereocenters. The molecule has 3 heterocycles. The van der Waals surface area contributed by atoms with Crippen molar-refractivity contribution in [1.29, 1.82) is 0 Å². The van der Waals surface area contributed by atoms with E-state index in [4.69, 9.17) is 9.72 Å². The van der Waals surface area contributed by atoms with E-state index in [-0.39, 0.29) is 5.41 Å². The molecule has 152 valence electrons. The molecule has 0 amide bonds. The highest BCUT2D eigenvalue weighted by Gasteiger charge is 2.35. The van der Waals surface area contributed by atoms with Crippen molar-refractivity contribution in [2.75, 3.05) is 39.6 Å². The first-order valence-electron chi connectivity index (χ1n) is 9.88. The number of benzene rings is 1. The Bertz CT molecular complexity index is 977. The summed E-state index contributed by atoms with van der Waals surface area (Å²) < 4.78 is 5.33. The van der Waals surface area contributed by atoms with E-state index >= 15 is 0 Å². The molecule has 1 fully saturated rings. The lowest BCUT2D eigenvalue weighted by atomic mass is 9.81. The van der Waals surface area contributed by atoms with Crippen LogP contribution in [0.3, 0.4) is 0 Å². The lowest BCUT2D eigenvalue weighted by Gasteiger charge is -2.36. The number of hydrogen-bond acceptors (Lipinski definition) is 7. The minimum Gasteiger partial charge on any atom is -0.497 e. The first kappa shape index (κ1) is 19.8. The van der Waals surface area contributed by atoms with E-state index < -0.39 is 0 Å². The molecule has 1 N–H and O–H groups in total. The summed E-state index contributed by atoms with van der Waals surface area (Å²) in [7, 11) is 5.71. The van der Waals surface area contributed by atoms with Crippen LogP contribution in [0.1, 0.15) is 24.8 Å². The molecule has 1 saturated heterocycles. The molecule has 29 heavy (non-hydrogen) atoms. The number of likely N-dealkylation sites (tertiary alicyclic amines) is 1. The van der Waals surface area contributed by atoms with Crippen molar-refractivity contribution < 1.29 is 4.74 Å². The van der Waals surface area contributed by atoms with Crippen LogP contribution >= 0.6 is 11.3 Å². The third-order valence-electron chi connectivity index (χ3n) is 5.71. The van der Waals surface area contributed by atoms with Gasteiger partial charge in [0.25, 0.3) is 0 Å². The zero-order chi connectivity index (χ0) is 20.4. The van der Waals surface area contributed by atoms with E-state index in [0.29, 0.717) is 5.95 Å². The highest BCUT2D eigenvalue weighted by atomic mass is 32.1.